The number of carbonyl (C=O) groups is 1. The molecule has 0 aromatic heterocycles. The molecule has 1 amide bonds. The highest BCUT2D eigenvalue weighted by Gasteiger charge is 2.06. The Kier molecular flexibility index (Phi) is 6.73. The Morgan fingerprint density at radius 1 is 1.35 bits per heavy atom. The van der Waals surface area contributed by atoms with Crippen LogP contribution in [0, 0.1) is 0 Å². The predicted molar refractivity (Wildman–Crippen MR) is 74.1 cm³/mol. The van der Waals surface area contributed by atoms with Crippen LogP contribution in [0.1, 0.15) is 0 Å². The zero-order valence-electron chi connectivity index (χ0n) is 9.43. The first-order valence-corrected chi connectivity index (χ1v) is 6.87. The Bertz CT molecular complexity index is 388. The first-order chi connectivity index (χ1) is 8.13. The van der Waals surface area contributed by atoms with Crippen LogP contribution in [0.2, 0.25) is 10.0 Å². The molecule has 0 unspecified atom stereocenters. The molecule has 0 saturated heterocycles. The highest BCUT2D eigenvalue weighted by Crippen LogP contribution is 2.29. The van der Waals surface area contributed by atoms with Crippen molar-refractivity contribution in [3.8, 4) is 0 Å². The average molecular weight is 293 g/mol. The van der Waals surface area contributed by atoms with E-state index in [2.05, 4.69) is 10.6 Å². The van der Waals surface area contributed by atoms with Crippen molar-refractivity contribution >= 4 is 40.9 Å². The maximum absolute atomic E-state index is 11.5. The first kappa shape index (κ1) is 14.6. The summed E-state index contributed by atoms with van der Waals surface area (Å²) in [6.07, 6.45) is 0. The van der Waals surface area contributed by atoms with E-state index >= 15 is 0 Å². The van der Waals surface area contributed by atoms with Gasteiger partial charge in [-0.15, -0.1) is 11.8 Å². The van der Waals surface area contributed by atoms with E-state index in [4.69, 9.17) is 23.2 Å². The number of nitrogens with one attached hydrogen (secondary N) is 2. The van der Waals surface area contributed by atoms with Crippen LogP contribution in [0.4, 0.5) is 0 Å². The molecule has 3 nitrogen and oxygen atoms in total. The molecule has 0 aliphatic rings. The Labute approximate surface area is 115 Å². The Morgan fingerprint density at radius 2 is 2.12 bits per heavy atom. The van der Waals surface area contributed by atoms with Gasteiger partial charge in [-0.3, -0.25) is 4.79 Å². The molecule has 0 aliphatic carbocycles. The summed E-state index contributed by atoms with van der Waals surface area (Å²) >= 11 is 13.2. The third-order valence-electron chi connectivity index (χ3n) is 1.95. The van der Waals surface area contributed by atoms with E-state index in [0.717, 1.165) is 11.4 Å². The zero-order valence-corrected chi connectivity index (χ0v) is 11.8. The van der Waals surface area contributed by atoms with Crippen molar-refractivity contribution in [1.29, 1.82) is 0 Å². The molecule has 0 saturated carbocycles. The molecule has 6 heteroatoms. The van der Waals surface area contributed by atoms with Crippen molar-refractivity contribution in [1.82, 2.24) is 10.6 Å². The summed E-state index contributed by atoms with van der Waals surface area (Å²) in [6, 6.07) is 5.21. The van der Waals surface area contributed by atoms with Gasteiger partial charge >= 0.3 is 0 Å². The minimum absolute atomic E-state index is 0.0127. The summed E-state index contributed by atoms with van der Waals surface area (Å²) in [6.45, 7) is 1.38. The lowest BCUT2D eigenvalue weighted by Gasteiger charge is -2.06. The van der Waals surface area contributed by atoms with E-state index < -0.39 is 0 Å². The predicted octanol–water partition coefficient (Wildman–Crippen LogP) is 2.42. The second-order valence-electron chi connectivity index (χ2n) is 3.32. The van der Waals surface area contributed by atoms with E-state index in [1.165, 1.54) is 11.8 Å². The van der Waals surface area contributed by atoms with Gasteiger partial charge in [0.1, 0.15) is 0 Å². The van der Waals surface area contributed by atoms with E-state index in [0.29, 0.717) is 22.3 Å². The monoisotopic (exact) mass is 292 g/mol. The molecule has 1 aromatic rings. The standard InChI is InChI=1S/C11H14Cl2N2OS/c1-14-4-5-15-11(16)7-17-10-6-8(12)2-3-9(10)13/h2-3,6,14H,4-5,7H2,1H3,(H,15,16). The Morgan fingerprint density at radius 3 is 2.82 bits per heavy atom. The van der Waals surface area contributed by atoms with Crippen LogP contribution in [0.3, 0.4) is 0 Å². The Hall–Kier alpha value is -0.420. The van der Waals surface area contributed by atoms with Gasteiger partial charge in [-0.25, -0.2) is 0 Å². The van der Waals surface area contributed by atoms with Crippen molar-refractivity contribution in [3.63, 3.8) is 0 Å². The largest absolute Gasteiger partial charge is 0.354 e. The van der Waals surface area contributed by atoms with Gasteiger partial charge in [-0.2, -0.15) is 0 Å². The van der Waals surface area contributed by atoms with Crippen LogP contribution in [0.25, 0.3) is 0 Å². The lowest BCUT2D eigenvalue weighted by Crippen LogP contribution is -2.31. The van der Waals surface area contributed by atoms with Crippen molar-refractivity contribution in [2.24, 2.45) is 0 Å². The molecule has 0 bridgehead atoms. The lowest BCUT2D eigenvalue weighted by molar-refractivity contribution is -0.118. The van der Waals surface area contributed by atoms with E-state index in [9.17, 15) is 4.79 Å². The van der Waals surface area contributed by atoms with Crippen LogP contribution in [-0.2, 0) is 4.79 Å². The number of thioether (sulfide) groups is 1. The SMILES string of the molecule is CNCCNC(=O)CSc1cc(Cl)ccc1Cl. The molecular formula is C11H14Cl2N2OS. The molecule has 0 fully saturated rings. The number of rotatable bonds is 6. The van der Waals surface area contributed by atoms with Gasteiger partial charge in [0.05, 0.1) is 10.8 Å². The van der Waals surface area contributed by atoms with Gasteiger partial charge in [-0.1, -0.05) is 23.2 Å². The van der Waals surface area contributed by atoms with Crippen LogP contribution in [0.15, 0.2) is 23.1 Å². The zero-order chi connectivity index (χ0) is 12.7. The summed E-state index contributed by atoms with van der Waals surface area (Å²) in [5.41, 5.74) is 0. The molecule has 0 spiro atoms. The van der Waals surface area contributed by atoms with Gasteiger partial charge < -0.3 is 10.6 Å². The summed E-state index contributed by atoms with van der Waals surface area (Å²) < 4.78 is 0. The van der Waals surface area contributed by atoms with Gasteiger partial charge in [-0.05, 0) is 25.2 Å². The second kappa shape index (κ2) is 7.82. The third-order valence-corrected chi connectivity index (χ3v) is 3.68. The molecule has 0 radical (unpaired) electrons. The number of hydrogen-bond donors (Lipinski definition) is 2. The fraction of sp³-hybridized carbons (Fsp3) is 0.364. The topological polar surface area (TPSA) is 41.1 Å². The molecule has 17 heavy (non-hydrogen) atoms. The summed E-state index contributed by atoms with van der Waals surface area (Å²) in [4.78, 5) is 12.3. The van der Waals surface area contributed by atoms with Gasteiger partial charge in [0, 0.05) is 23.0 Å². The molecule has 2 N–H and O–H groups in total. The van der Waals surface area contributed by atoms with E-state index in [-0.39, 0.29) is 5.91 Å². The minimum Gasteiger partial charge on any atom is -0.354 e. The van der Waals surface area contributed by atoms with Gasteiger partial charge in [0.25, 0.3) is 0 Å². The number of carbonyl (C=O) groups excluding carboxylic acids is 1. The van der Waals surface area contributed by atoms with Crippen molar-refractivity contribution in [2.45, 2.75) is 4.90 Å². The van der Waals surface area contributed by atoms with E-state index in [1.54, 1.807) is 18.2 Å². The van der Waals surface area contributed by atoms with Crippen LogP contribution in [0.5, 0.6) is 0 Å². The van der Waals surface area contributed by atoms with Crippen LogP contribution >= 0.6 is 35.0 Å². The highest BCUT2D eigenvalue weighted by atomic mass is 35.5. The van der Waals surface area contributed by atoms with Crippen molar-refractivity contribution in [3.05, 3.63) is 28.2 Å². The molecule has 1 aromatic carbocycles. The van der Waals surface area contributed by atoms with Crippen LogP contribution in [-0.4, -0.2) is 31.8 Å². The second-order valence-corrected chi connectivity index (χ2v) is 5.18. The molecule has 0 atom stereocenters. The summed E-state index contributed by atoms with van der Waals surface area (Å²) in [7, 11) is 1.84. The number of amides is 1. The number of halogens is 2. The lowest BCUT2D eigenvalue weighted by atomic mass is 10.4. The smallest absolute Gasteiger partial charge is 0.230 e. The molecule has 0 heterocycles. The Balaban J connectivity index is 2.39. The van der Waals surface area contributed by atoms with Crippen LogP contribution < -0.4 is 10.6 Å². The van der Waals surface area contributed by atoms with Gasteiger partial charge in [0.15, 0.2) is 0 Å². The molecule has 1 rings (SSSR count). The summed E-state index contributed by atoms with van der Waals surface area (Å²) in [5, 5.41) is 6.97. The van der Waals surface area contributed by atoms with Gasteiger partial charge in [0.2, 0.25) is 5.91 Å². The van der Waals surface area contributed by atoms with Crippen molar-refractivity contribution < 1.29 is 4.79 Å². The normalized spacial score (nSPS) is 10.3. The third kappa shape index (κ3) is 5.64. The van der Waals surface area contributed by atoms with E-state index in [1.807, 2.05) is 7.05 Å². The molecule has 0 aliphatic heterocycles. The van der Waals surface area contributed by atoms with Crippen molar-refractivity contribution in [2.75, 3.05) is 25.9 Å². The fourth-order valence-corrected chi connectivity index (χ4v) is 2.43. The maximum Gasteiger partial charge on any atom is 0.230 e. The number of benzene rings is 1. The molecule has 94 valence electrons. The fourth-order valence-electron chi connectivity index (χ4n) is 1.11. The number of hydrogen-bond acceptors (Lipinski definition) is 3. The minimum atomic E-state index is -0.0127. The highest BCUT2D eigenvalue weighted by molar-refractivity contribution is 8.00. The number of likely N-dealkylation sites (N-methyl/N-ethyl adjacent to an activating group) is 1. The summed E-state index contributed by atoms with van der Waals surface area (Å²) in [5.74, 6) is 0.324. The first-order valence-electron chi connectivity index (χ1n) is 5.12. The maximum atomic E-state index is 11.5. The average Bonchev–Trinajstić information content (AvgIpc) is 2.31. The molecular weight excluding hydrogens is 279 g/mol. The quantitative estimate of drug-likeness (QED) is 0.625.